The quantitative estimate of drug-likeness (QED) is 0.797. The lowest BCUT2D eigenvalue weighted by Crippen LogP contribution is -2.16. The highest BCUT2D eigenvalue weighted by molar-refractivity contribution is 5.93. The summed E-state index contributed by atoms with van der Waals surface area (Å²) in [6.45, 7) is 2.64. The fraction of sp³-hybridized carbons (Fsp3) is 0.333. The molecule has 21 heavy (non-hydrogen) atoms. The van der Waals surface area contributed by atoms with E-state index in [1.165, 1.54) is 0 Å². The number of ether oxygens (including phenoxy) is 1. The van der Waals surface area contributed by atoms with Crippen LogP contribution in [0.3, 0.4) is 0 Å². The van der Waals surface area contributed by atoms with Crippen LogP contribution in [-0.4, -0.2) is 22.6 Å². The van der Waals surface area contributed by atoms with E-state index in [4.69, 9.17) is 10.5 Å². The Kier molecular flexibility index (Phi) is 4.81. The number of imidazole rings is 1. The summed E-state index contributed by atoms with van der Waals surface area (Å²) >= 11 is 0. The largest absolute Gasteiger partial charge is 0.497 e. The van der Waals surface area contributed by atoms with Crippen molar-refractivity contribution in [3.63, 3.8) is 0 Å². The van der Waals surface area contributed by atoms with Crippen LogP contribution in [0.4, 0.5) is 11.4 Å². The van der Waals surface area contributed by atoms with Gasteiger partial charge in [0.05, 0.1) is 18.5 Å². The van der Waals surface area contributed by atoms with Crippen molar-refractivity contribution in [3.8, 4) is 5.75 Å². The lowest BCUT2D eigenvalue weighted by Gasteiger charge is -2.10. The van der Waals surface area contributed by atoms with E-state index in [0.29, 0.717) is 30.1 Å². The zero-order valence-corrected chi connectivity index (χ0v) is 12.3. The number of nitrogen functional groups attached to an aromatic ring is 1. The molecule has 0 aliphatic rings. The van der Waals surface area contributed by atoms with E-state index >= 15 is 0 Å². The van der Waals surface area contributed by atoms with Gasteiger partial charge in [-0.25, -0.2) is 4.98 Å². The van der Waals surface area contributed by atoms with Crippen molar-refractivity contribution in [1.29, 1.82) is 0 Å². The second-order valence-corrected chi connectivity index (χ2v) is 4.64. The minimum Gasteiger partial charge on any atom is -0.497 e. The summed E-state index contributed by atoms with van der Waals surface area (Å²) in [6, 6.07) is 5.18. The average molecular weight is 288 g/mol. The van der Waals surface area contributed by atoms with Crippen LogP contribution in [0, 0.1) is 0 Å². The van der Waals surface area contributed by atoms with Crippen LogP contribution in [-0.2, 0) is 17.8 Å². The molecule has 0 unspecified atom stereocenters. The Bertz CT molecular complexity index is 622. The highest BCUT2D eigenvalue weighted by Crippen LogP contribution is 2.24. The topological polar surface area (TPSA) is 82.2 Å². The van der Waals surface area contributed by atoms with Gasteiger partial charge in [-0.2, -0.15) is 0 Å². The molecule has 6 nitrogen and oxygen atoms in total. The van der Waals surface area contributed by atoms with Crippen molar-refractivity contribution in [1.82, 2.24) is 9.55 Å². The van der Waals surface area contributed by atoms with Crippen molar-refractivity contribution in [3.05, 3.63) is 36.4 Å². The van der Waals surface area contributed by atoms with Crippen molar-refractivity contribution >= 4 is 17.3 Å². The Balaban J connectivity index is 1.93. The van der Waals surface area contributed by atoms with E-state index in [0.717, 1.165) is 12.2 Å². The Morgan fingerprint density at radius 3 is 2.95 bits per heavy atom. The molecule has 0 spiro atoms. The number of nitrogens with two attached hydrogens (primary N) is 1. The van der Waals surface area contributed by atoms with Gasteiger partial charge in [-0.05, 0) is 12.1 Å². The van der Waals surface area contributed by atoms with Gasteiger partial charge in [0.1, 0.15) is 11.6 Å². The molecular formula is C15H20N4O2. The number of hydrogen-bond donors (Lipinski definition) is 2. The lowest BCUT2D eigenvalue weighted by atomic mass is 10.2. The number of benzene rings is 1. The monoisotopic (exact) mass is 288 g/mol. The van der Waals surface area contributed by atoms with E-state index in [2.05, 4.69) is 10.3 Å². The molecule has 0 aliphatic carbocycles. The lowest BCUT2D eigenvalue weighted by molar-refractivity contribution is -0.116. The first kappa shape index (κ1) is 14.9. The van der Waals surface area contributed by atoms with Crippen LogP contribution in [0.1, 0.15) is 19.2 Å². The van der Waals surface area contributed by atoms with Gasteiger partial charge in [-0.15, -0.1) is 0 Å². The molecule has 1 amide bonds. The minimum absolute atomic E-state index is 0.0809. The highest BCUT2D eigenvalue weighted by Gasteiger charge is 2.08. The van der Waals surface area contributed by atoms with Crippen molar-refractivity contribution in [2.45, 2.75) is 26.3 Å². The van der Waals surface area contributed by atoms with Crippen molar-refractivity contribution < 1.29 is 9.53 Å². The molecule has 1 heterocycles. The van der Waals surface area contributed by atoms with Gasteiger partial charge in [0.15, 0.2) is 0 Å². The maximum Gasteiger partial charge on any atom is 0.226 e. The summed E-state index contributed by atoms with van der Waals surface area (Å²) in [6.07, 6.45) is 4.85. The second-order valence-electron chi connectivity index (χ2n) is 4.64. The summed E-state index contributed by atoms with van der Waals surface area (Å²) in [5, 5.41) is 2.81. The molecule has 0 radical (unpaired) electrons. The predicted octanol–water partition coefficient (Wildman–Crippen LogP) is 2.07. The third kappa shape index (κ3) is 3.75. The van der Waals surface area contributed by atoms with Gasteiger partial charge >= 0.3 is 0 Å². The van der Waals surface area contributed by atoms with Crippen LogP contribution in [0.2, 0.25) is 0 Å². The summed E-state index contributed by atoms with van der Waals surface area (Å²) in [5.41, 5.74) is 6.96. The normalized spacial score (nSPS) is 10.4. The molecule has 3 N–H and O–H groups in total. The van der Waals surface area contributed by atoms with Gasteiger partial charge in [0.25, 0.3) is 0 Å². The molecule has 6 heteroatoms. The Morgan fingerprint density at radius 1 is 1.48 bits per heavy atom. The first-order chi connectivity index (χ1) is 10.1. The van der Waals surface area contributed by atoms with Crippen LogP contribution >= 0.6 is 0 Å². The summed E-state index contributed by atoms with van der Waals surface area (Å²) in [7, 11) is 1.57. The number of hydrogen-bond acceptors (Lipinski definition) is 4. The zero-order chi connectivity index (χ0) is 15.2. The van der Waals surface area contributed by atoms with Crippen LogP contribution in [0.15, 0.2) is 30.6 Å². The third-order valence-corrected chi connectivity index (χ3v) is 3.23. The van der Waals surface area contributed by atoms with Crippen molar-refractivity contribution in [2.75, 3.05) is 18.2 Å². The number of aryl methyl sites for hydroxylation is 2. The Labute approximate surface area is 123 Å². The number of rotatable bonds is 6. The van der Waals surface area contributed by atoms with Gasteiger partial charge in [0.2, 0.25) is 5.91 Å². The highest BCUT2D eigenvalue weighted by atomic mass is 16.5. The number of aromatic nitrogens is 2. The molecule has 0 fully saturated rings. The van der Waals surface area contributed by atoms with E-state index in [1.54, 1.807) is 31.5 Å². The first-order valence-corrected chi connectivity index (χ1v) is 6.87. The van der Waals surface area contributed by atoms with Gasteiger partial charge in [0, 0.05) is 37.8 Å². The Hall–Kier alpha value is -2.50. The fourth-order valence-electron chi connectivity index (χ4n) is 2.07. The molecule has 0 atom stereocenters. The van der Waals surface area contributed by atoms with Gasteiger partial charge < -0.3 is 20.4 Å². The molecule has 0 bridgehead atoms. The third-order valence-electron chi connectivity index (χ3n) is 3.23. The molecule has 1 aromatic carbocycles. The number of carbonyl (C=O) groups excluding carboxylic acids is 1. The number of carbonyl (C=O) groups is 1. The Morgan fingerprint density at radius 2 is 2.29 bits per heavy atom. The standard InChI is InChI=1S/C15H20N4O2/c1-3-14-17-7-9-19(14)8-6-15(20)18-13-5-4-11(21-2)10-12(13)16/h4-5,7,9-10H,3,6,8,16H2,1-2H3,(H,18,20). The molecule has 1 aromatic heterocycles. The SMILES string of the molecule is CCc1nccn1CCC(=O)Nc1ccc(OC)cc1N. The van der Waals surface area contributed by atoms with E-state index in [1.807, 2.05) is 17.7 Å². The summed E-state index contributed by atoms with van der Waals surface area (Å²) < 4.78 is 7.06. The molecule has 2 aromatic rings. The zero-order valence-electron chi connectivity index (χ0n) is 12.3. The smallest absolute Gasteiger partial charge is 0.226 e. The van der Waals surface area contributed by atoms with Crippen molar-refractivity contribution in [2.24, 2.45) is 0 Å². The first-order valence-electron chi connectivity index (χ1n) is 6.87. The predicted molar refractivity (Wildman–Crippen MR) is 82.3 cm³/mol. The van der Waals surface area contributed by atoms with Crippen LogP contribution < -0.4 is 15.8 Å². The van der Waals surface area contributed by atoms with E-state index in [-0.39, 0.29) is 5.91 Å². The minimum atomic E-state index is -0.0809. The maximum absolute atomic E-state index is 12.0. The second kappa shape index (κ2) is 6.78. The number of nitrogens with one attached hydrogen (secondary N) is 1. The van der Waals surface area contributed by atoms with Gasteiger partial charge in [-0.1, -0.05) is 6.92 Å². The van der Waals surface area contributed by atoms with E-state index in [9.17, 15) is 4.79 Å². The summed E-state index contributed by atoms with van der Waals surface area (Å²) in [5.74, 6) is 1.56. The fourth-order valence-corrected chi connectivity index (χ4v) is 2.07. The van der Waals surface area contributed by atoms with Crippen LogP contribution in [0.5, 0.6) is 5.75 Å². The number of amides is 1. The molecule has 0 aliphatic heterocycles. The number of anilines is 2. The molecule has 2 rings (SSSR count). The van der Waals surface area contributed by atoms with Gasteiger partial charge in [-0.3, -0.25) is 4.79 Å². The molecule has 112 valence electrons. The summed E-state index contributed by atoms with van der Waals surface area (Å²) in [4.78, 5) is 16.2. The molecule has 0 saturated carbocycles. The molecule has 0 saturated heterocycles. The van der Waals surface area contributed by atoms with Crippen LogP contribution in [0.25, 0.3) is 0 Å². The average Bonchev–Trinajstić information content (AvgIpc) is 2.94. The maximum atomic E-state index is 12.0. The van der Waals surface area contributed by atoms with E-state index < -0.39 is 0 Å². The number of nitrogens with zero attached hydrogens (tertiary/aromatic N) is 2. The number of methoxy groups -OCH3 is 1. The molecular weight excluding hydrogens is 268 g/mol.